The molecule has 1 saturated heterocycles. The van der Waals surface area contributed by atoms with Crippen LogP contribution in [0.5, 0.6) is 0 Å². The van der Waals surface area contributed by atoms with Crippen LogP contribution in [0.15, 0.2) is 0 Å². The van der Waals surface area contributed by atoms with Gasteiger partial charge < -0.3 is 14.7 Å². The van der Waals surface area contributed by atoms with Gasteiger partial charge in [-0.25, -0.2) is 4.79 Å². The van der Waals surface area contributed by atoms with E-state index in [4.69, 9.17) is 4.74 Å². The van der Waals surface area contributed by atoms with Crippen molar-refractivity contribution in [1.29, 1.82) is 0 Å². The van der Waals surface area contributed by atoms with E-state index < -0.39 is 22.7 Å². The van der Waals surface area contributed by atoms with Gasteiger partial charge in [0, 0.05) is 12.5 Å². The lowest BCUT2D eigenvalue weighted by Crippen LogP contribution is -2.64. The van der Waals surface area contributed by atoms with Gasteiger partial charge in [-0.2, -0.15) is 0 Å². The Hall–Kier alpha value is -1.10. The molecule has 2 fully saturated rings. The number of amides is 1. The van der Waals surface area contributed by atoms with Crippen LogP contribution in [0.1, 0.15) is 47.0 Å². The number of carboxylic acid groups (broad SMARTS) is 1. The highest BCUT2D eigenvalue weighted by Gasteiger charge is 2.66. The van der Waals surface area contributed by atoms with Gasteiger partial charge in [-0.15, -0.1) is 0 Å². The van der Waals surface area contributed by atoms with Crippen molar-refractivity contribution in [2.75, 3.05) is 0 Å². The number of hydrogen-bond donors (Lipinski definition) is 1. The summed E-state index contributed by atoms with van der Waals surface area (Å²) in [4.78, 5) is 24.7. The molecule has 1 aliphatic heterocycles. The third-order valence-electron chi connectivity index (χ3n) is 4.06. The molecule has 1 amide bonds. The third-order valence-corrected chi connectivity index (χ3v) is 4.06. The van der Waals surface area contributed by atoms with Crippen LogP contribution in [0.3, 0.4) is 0 Å². The van der Waals surface area contributed by atoms with Crippen molar-refractivity contribution in [3.05, 3.63) is 0 Å². The molecule has 102 valence electrons. The van der Waals surface area contributed by atoms with Gasteiger partial charge in [0.1, 0.15) is 0 Å². The van der Waals surface area contributed by atoms with Gasteiger partial charge in [0.25, 0.3) is 0 Å². The van der Waals surface area contributed by atoms with Gasteiger partial charge >= 0.3 is 5.97 Å². The summed E-state index contributed by atoms with van der Waals surface area (Å²) in [5.74, 6) is -0.975. The van der Waals surface area contributed by atoms with Crippen molar-refractivity contribution >= 4 is 12.4 Å². The van der Waals surface area contributed by atoms with Crippen molar-refractivity contribution < 1.29 is 19.4 Å². The highest BCUT2D eigenvalue weighted by atomic mass is 16.5. The maximum absolute atomic E-state index is 11.9. The van der Waals surface area contributed by atoms with E-state index in [-0.39, 0.29) is 6.04 Å². The number of ether oxygens (including phenoxy) is 1. The minimum Gasteiger partial charge on any atom is -0.479 e. The van der Waals surface area contributed by atoms with E-state index in [1.807, 2.05) is 13.8 Å². The molecular weight excluding hydrogens is 234 g/mol. The molecule has 1 saturated carbocycles. The van der Waals surface area contributed by atoms with Crippen molar-refractivity contribution in [2.45, 2.75) is 69.7 Å². The predicted octanol–water partition coefficient (Wildman–Crippen LogP) is 1.41. The topological polar surface area (TPSA) is 66.8 Å². The molecule has 0 spiro atoms. The summed E-state index contributed by atoms with van der Waals surface area (Å²) in [5.41, 5.74) is -2.71. The standard InChI is InChI=1S/C13H21NO4/c1-11(2)7-13(10(16)17,12(3,4)18-11)14(8-15)9-5-6-9/h8-9H,5-7H2,1-4H3,(H,16,17). The summed E-state index contributed by atoms with van der Waals surface area (Å²) in [6, 6.07) is 0.0513. The molecular formula is C13H21NO4. The van der Waals surface area contributed by atoms with Gasteiger partial charge in [-0.3, -0.25) is 4.79 Å². The zero-order valence-corrected chi connectivity index (χ0v) is 11.4. The van der Waals surface area contributed by atoms with Crippen LogP contribution in [0.2, 0.25) is 0 Å². The summed E-state index contributed by atoms with van der Waals surface area (Å²) in [7, 11) is 0. The van der Waals surface area contributed by atoms with Crippen molar-refractivity contribution in [3.8, 4) is 0 Å². The third kappa shape index (κ3) is 1.72. The van der Waals surface area contributed by atoms with E-state index >= 15 is 0 Å². The lowest BCUT2D eigenvalue weighted by Gasteiger charge is -2.43. The number of carbonyl (C=O) groups excluding carboxylic acids is 1. The van der Waals surface area contributed by atoms with Crippen molar-refractivity contribution in [2.24, 2.45) is 0 Å². The lowest BCUT2D eigenvalue weighted by atomic mass is 9.77. The average Bonchev–Trinajstić information content (AvgIpc) is 2.95. The average molecular weight is 255 g/mol. The van der Waals surface area contributed by atoms with Gasteiger partial charge in [-0.1, -0.05) is 0 Å². The minimum atomic E-state index is -1.26. The maximum atomic E-state index is 11.9. The number of nitrogens with zero attached hydrogens (tertiary/aromatic N) is 1. The molecule has 1 unspecified atom stereocenters. The Morgan fingerprint density at radius 3 is 2.17 bits per heavy atom. The van der Waals surface area contributed by atoms with Gasteiger partial charge in [-0.05, 0) is 40.5 Å². The molecule has 0 aromatic carbocycles. The first-order valence-electron chi connectivity index (χ1n) is 6.34. The Labute approximate surface area is 107 Å². The summed E-state index contributed by atoms with van der Waals surface area (Å²) in [5, 5.41) is 9.73. The zero-order valence-electron chi connectivity index (χ0n) is 11.4. The second-order valence-electron chi connectivity index (χ2n) is 6.46. The summed E-state index contributed by atoms with van der Waals surface area (Å²) < 4.78 is 5.89. The molecule has 0 aromatic heterocycles. The Morgan fingerprint density at radius 1 is 1.33 bits per heavy atom. The molecule has 0 radical (unpaired) electrons. The Balaban J connectivity index is 2.49. The quantitative estimate of drug-likeness (QED) is 0.771. The first-order valence-corrected chi connectivity index (χ1v) is 6.34. The van der Waals surface area contributed by atoms with E-state index in [9.17, 15) is 14.7 Å². The zero-order chi connectivity index (χ0) is 13.8. The fourth-order valence-electron chi connectivity index (χ4n) is 3.33. The SMILES string of the molecule is CC1(C)CC(C(=O)O)(N(C=O)C2CC2)C(C)(C)O1. The Bertz CT molecular complexity index is 386. The molecule has 5 heteroatoms. The maximum Gasteiger partial charge on any atom is 0.332 e. The number of rotatable bonds is 4. The summed E-state index contributed by atoms with van der Waals surface area (Å²) in [6.07, 6.45) is 2.75. The van der Waals surface area contributed by atoms with Gasteiger partial charge in [0.2, 0.25) is 6.41 Å². The first kappa shape index (κ1) is 13.3. The minimum absolute atomic E-state index is 0.0513. The van der Waals surface area contributed by atoms with E-state index in [1.165, 1.54) is 4.90 Å². The van der Waals surface area contributed by atoms with E-state index in [0.29, 0.717) is 12.8 Å². The molecule has 2 aliphatic rings. The van der Waals surface area contributed by atoms with Crippen molar-refractivity contribution in [3.63, 3.8) is 0 Å². The molecule has 1 atom stereocenters. The number of hydrogen-bond acceptors (Lipinski definition) is 3. The predicted molar refractivity (Wildman–Crippen MR) is 65.2 cm³/mol. The van der Waals surface area contributed by atoms with Gasteiger partial charge in [0.05, 0.1) is 11.2 Å². The number of carbonyl (C=O) groups is 2. The normalized spacial score (nSPS) is 33.1. The second-order valence-corrected chi connectivity index (χ2v) is 6.46. The fraction of sp³-hybridized carbons (Fsp3) is 0.846. The highest BCUT2D eigenvalue weighted by molar-refractivity contribution is 5.84. The lowest BCUT2D eigenvalue weighted by molar-refractivity contribution is -0.169. The van der Waals surface area contributed by atoms with E-state index in [0.717, 1.165) is 12.8 Å². The molecule has 1 N–H and O–H groups in total. The van der Waals surface area contributed by atoms with Crippen LogP contribution in [-0.4, -0.2) is 45.2 Å². The molecule has 5 nitrogen and oxygen atoms in total. The van der Waals surface area contributed by atoms with Gasteiger partial charge in [0.15, 0.2) is 5.54 Å². The highest BCUT2D eigenvalue weighted by Crippen LogP contribution is 2.50. The van der Waals surface area contributed by atoms with Crippen molar-refractivity contribution in [1.82, 2.24) is 4.90 Å². The Morgan fingerprint density at radius 2 is 1.89 bits per heavy atom. The number of carboxylic acids is 1. The monoisotopic (exact) mass is 255 g/mol. The van der Waals surface area contributed by atoms with E-state index in [2.05, 4.69) is 0 Å². The van der Waals surface area contributed by atoms with Crippen LogP contribution >= 0.6 is 0 Å². The van der Waals surface area contributed by atoms with Crippen LogP contribution in [0.25, 0.3) is 0 Å². The molecule has 0 bridgehead atoms. The molecule has 18 heavy (non-hydrogen) atoms. The first-order chi connectivity index (χ1) is 8.16. The molecule has 1 aliphatic carbocycles. The van der Waals surface area contributed by atoms with Crippen LogP contribution in [-0.2, 0) is 14.3 Å². The van der Waals surface area contributed by atoms with Crippen LogP contribution < -0.4 is 0 Å². The summed E-state index contributed by atoms with van der Waals surface area (Å²) in [6.45, 7) is 7.26. The smallest absolute Gasteiger partial charge is 0.332 e. The second kappa shape index (κ2) is 3.70. The number of aliphatic carboxylic acids is 1. The van der Waals surface area contributed by atoms with Crippen LogP contribution in [0, 0.1) is 0 Å². The Kier molecular flexibility index (Phi) is 2.74. The molecule has 0 aromatic rings. The fourth-order valence-corrected chi connectivity index (χ4v) is 3.33. The van der Waals surface area contributed by atoms with Crippen LogP contribution in [0.4, 0.5) is 0 Å². The molecule has 1 heterocycles. The van der Waals surface area contributed by atoms with E-state index in [1.54, 1.807) is 13.8 Å². The largest absolute Gasteiger partial charge is 0.479 e. The molecule has 2 rings (SSSR count). The summed E-state index contributed by atoms with van der Waals surface area (Å²) >= 11 is 0.